The molecule has 0 saturated heterocycles. The largest absolute Gasteiger partial charge is 0.486 e. The first-order valence-corrected chi connectivity index (χ1v) is 11.4. The third-order valence-electron chi connectivity index (χ3n) is 4.82. The molecule has 156 valence electrons. The highest BCUT2D eigenvalue weighted by Crippen LogP contribution is 2.31. The van der Waals surface area contributed by atoms with Gasteiger partial charge in [-0.25, -0.2) is 8.42 Å². The van der Waals surface area contributed by atoms with E-state index in [0.717, 1.165) is 21.3 Å². The van der Waals surface area contributed by atoms with Crippen molar-refractivity contribution in [2.45, 2.75) is 6.10 Å². The summed E-state index contributed by atoms with van der Waals surface area (Å²) in [6, 6.07) is 20.2. The highest BCUT2D eigenvalue weighted by Gasteiger charge is 2.25. The van der Waals surface area contributed by atoms with E-state index in [1.54, 1.807) is 18.2 Å². The number of nitrogens with zero attached hydrogens (tertiary/aromatic N) is 1. The number of rotatable bonds is 6. The van der Waals surface area contributed by atoms with Gasteiger partial charge in [0, 0.05) is 5.39 Å². The van der Waals surface area contributed by atoms with Crippen molar-refractivity contribution >= 4 is 32.4 Å². The summed E-state index contributed by atoms with van der Waals surface area (Å²) < 4.78 is 37.5. The van der Waals surface area contributed by atoms with Gasteiger partial charge in [0.2, 0.25) is 15.9 Å². The molecule has 0 saturated carbocycles. The number of benzene rings is 3. The third-order valence-corrected chi connectivity index (χ3v) is 5.94. The highest BCUT2D eigenvalue weighted by molar-refractivity contribution is 7.92. The van der Waals surface area contributed by atoms with E-state index in [1.165, 1.54) is 0 Å². The predicted octanol–water partition coefficient (Wildman–Crippen LogP) is 2.56. The smallest absolute Gasteiger partial charge is 0.240 e. The van der Waals surface area contributed by atoms with Crippen LogP contribution in [0.4, 0.5) is 5.69 Å². The Bertz CT molecular complexity index is 1170. The topological polar surface area (TPSA) is 84.9 Å². The van der Waals surface area contributed by atoms with Crippen LogP contribution < -0.4 is 19.1 Å². The van der Waals surface area contributed by atoms with E-state index in [4.69, 9.17) is 9.47 Å². The minimum atomic E-state index is -3.67. The zero-order valence-corrected chi connectivity index (χ0v) is 17.3. The number of para-hydroxylation sites is 2. The summed E-state index contributed by atoms with van der Waals surface area (Å²) in [6.45, 7) is 0.188. The zero-order valence-electron chi connectivity index (χ0n) is 16.4. The Morgan fingerprint density at radius 1 is 1.03 bits per heavy atom. The molecule has 1 aliphatic heterocycles. The lowest BCUT2D eigenvalue weighted by molar-refractivity contribution is -0.120. The van der Waals surface area contributed by atoms with E-state index >= 15 is 0 Å². The van der Waals surface area contributed by atoms with E-state index < -0.39 is 15.9 Å². The predicted molar refractivity (Wildman–Crippen MR) is 116 cm³/mol. The second-order valence-electron chi connectivity index (χ2n) is 7.07. The molecule has 1 aliphatic rings. The lowest BCUT2D eigenvalue weighted by atomic mass is 10.1. The molecule has 3 aromatic carbocycles. The normalized spacial score (nSPS) is 15.6. The number of hydrogen-bond acceptors (Lipinski definition) is 5. The molecule has 0 aromatic heterocycles. The van der Waals surface area contributed by atoms with Crippen LogP contribution in [0.5, 0.6) is 11.5 Å². The number of sulfonamides is 1. The summed E-state index contributed by atoms with van der Waals surface area (Å²) in [6.07, 6.45) is 0.741. The monoisotopic (exact) mass is 426 g/mol. The van der Waals surface area contributed by atoms with Crippen LogP contribution in [0.15, 0.2) is 66.7 Å². The quantitative estimate of drug-likeness (QED) is 0.655. The molecule has 0 aliphatic carbocycles. The molecule has 3 aromatic rings. The fourth-order valence-electron chi connectivity index (χ4n) is 3.38. The van der Waals surface area contributed by atoms with E-state index in [0.29, 0.717) is 23.8 Å². The molecule has 4 rings (SSSR count). The van der Waals surface area contributed by atoms with Crippen LogP contribution in [0.1, 0.15) is 0 Å². The first-order chi connectivity index (χ1) is 14.4. The number of fused-ring (bicyclic) bond motifs is 2. The maximum atomic E-state index is 12.6. The van der Waals surface area contributed by atoms with Gasteiger partial charge in [-0.2, -0.15) is 0 Å². The molecule has 0 bridgehead atoms. The van der Waals surface area contributed by atoms with Gasteiger partial charge in [-0.05, 0) is 23.6 Å². The Kier molecular flexibility index (Phi) is 5.50. The number of hydrogen-bond donors (Lipinski definition) is 1. The molecule has 30 heavy (non-hydrogen) atoms. The fourth-order valence-corrected chi connectivity index (χ4v) is 4.25. The molecule has 8 heteroatoms. The second kappa shape index (κ2) is 8.23. The Hall–Kier alpha value is -3.26. The number of anilines is 1. The lowest BCUT2D eigenvalue weighted by Crippen LogP contribution is -2.45. The van der Waals surface area contributed by atoms with Crippen LogP contribution >= 0.6 is 0 Å². The number of nitrogens with one attached hydrogen (secondary N) is 1. The van der Waals surface area contributed by atoms with Gasteiger partial charge in [-0.3, -0.25) is 9.10 Å². The van der Waals surface area contributed by atoms with Crippen LogP contribution in [0.3, 0.4) is 0 Å². The summed E-state index contributed by atoms with van der Waals surface area (Å²) in [4.78, 5) is 12.6. The molecule has 1 N–H and O–H groups in total. The molecule has 1 amide bonds. The summed E-state index contributed by atoms with van der Waals surface area (Å²) in [5, 5.41) is 4.41. The minimum Gasteiger partial charge on any atom is -0.486 e. The van der Waals surface area contributed by atoms with Gasteiger partial charge in [0.25, 0.3) is 0 Å². The number of carbonyl (C=O) groups excluding carboxylic acids is 1. The first-order valence-electron chi connectivity index (χ1n) is 9.52. The van der Waals surface area contributed by atoms with Gasteiger partial charge in [-0.1, -0.05) is 48.5 Å². The Balaban J connectivity index is 1.46. The third kappa shape index (κ3) is 4.33. The minimum absolute atomic E-state index is 0.209. The van der Waals surface area contributed by atoms with E-state index in [-0.39, 0.29) is 19.2 Å². The van der Waals surface area contributed by atoms with E-state index in [2.05, 4.69) is 5.32 Å². The van der Waals surface area contributed by atoms with Crippen molar-refractivity contribution in [1.29, 1.82) is 0 Å². The van der Waals surface area contributed by atoms with Crippen LogP contribution in [-0.2, 0) is 14.8 Å². The van der Waals surface area contributed by atoms with Crippen LogP contribution in [0.2, 0.25) is 0 Å². The molecule has 1 atom stereocenters. The molecular weight excluding hydrogens is 404 g/mol. The van der Waals surface area contributed by atoms with Gasteiger partial charge in [0.15, 0.2) is 11.5 Å². The van der Waals surface area contributed by atoms with Gasteiger partial charge in [-0.15, -0.1) is 0 Å². The molecule has 0 radical (unpaired) electrons. The van der Waals surface area contributed by atoms with Crippen molar-refractivity contribution in [3.8, 4) is 11.5 Å². The lowest BCUT2D eigenvalue weighted by Gasteiger charge is -2.27. The Morgan fingerprint density at radius 3 is 2.53 bits per heavy atom. The van der Waals surface area contributed by atoms with Crippen molar-refractivity contribution < 1.29 is 22.7 Å². The molecular formula is C22H22N2O5S. The number of amides is 1. The zero-order chi connectivity index (χ0) is 21.1. The van der Waals surface area contributed by atoms with Crippen LogP contribution in [0, 0.1) is 0 Å². The molecule has 1 unspecified atom stereocenters. The molecule has 7 nitrogen and oxygen atoms in total. The van der Waals surface area contributed by atoms with Crippen molar-refractivity contribution in [2.75, 3.05) is 30.3 Å². The van der Waals surface area contributed by atoms with Gasteiger partial charge in [0.1, 0.15) is 19.3 Å². The summed E-state index contributed by atoms with van der Waals surface area (Å²) in [7, 11) is -3.67. The SMILES string of the molecule is CS(=O)(=O)N(CC(=O)NCC1COc2ccccc2O1)c1cccc2ccccc12. The molecule has 0 fully saturated rings. The van der Waals surface area contributed by atoms with Crippen LogP contribution in [-0.4, -0.2) is 46.4 Å². The number of carbonyl (C=O) groups is 1. The first kappa shape index (κ1) is 20.0. The average molecular weight is 426 g/mol. The van der Waals surface area contributed by atoms with E-state index in [9.17, 15) is 13.2 Å². The van der Waals surface area contributed by atoms with Crippen LogP contribution in [0.25, 0.3) is 10.8 Å². The van der Waals surface area contributed by atoms with Gasteiger partial charge >= 0.3 is 0 Å². The Morgan fingerprint density at radius 2 is 1.73 bits per heavy atom. The highest BCUT2D eigenvalue weighted by atomic mass is 32.2. The Labute approximate surface area is 175 Å². The molecule has 0 spiro atoms. The van der Waals surface area contributed by atoms with Crippen molar-refractivity contribution in [1.82, 2.24) is 5.32 Å². The fraction of sp³-hybridized carbons (Fsp3) is 0.227. The summed E-state index contributed by atoms with van der Waals surface area (Å²) >= 11 is 0. The number of ether oxygens (including phenoxy) is 2. The summed E-state index contributed by atoms with van der Waals surface area (Å²) in [5.41, 5.74) is 0.469. The van der Waals surface area contributed by atoms with Crippen molar-refractivity contribution in [3.63, 3.8) is 0 Å². The van der Waals surface area contributed by atoms with Gasteiger partial charge < -0.3 is 14.8 Å². The summed E-state index contributed by atoms with van der Waals surface area (Å²) in [5.74, 6) is 0.867. The maximum Gasteiger partial charge on any atom is 0.240 e. The van der Waals surface area contributed by atoms with Crippen molar-refractivity contribution in [2.24, 2.45) is 0 Å². The maximum absolute atomic E-state index is 12.6. The average Bonchev–Trinajstić information content (AvgIpc) is 2.75. The molecule has 1 heterocycles. The van der Waals surface area contributed by atoms with Gasteiger partial charge in [0.05, 0.1) is 18.5 Å². The van der Waals surface area contributed by atoms with E-state index in [1.807, 2.05) is 48.5 Å². The van der Waals surface area contributed by atoms with Crippen molar-refractivity contribution in [3.05, 3.63) is 66.7 Å². The standard InChI is InChI=1S/C22H22N2O5S/c1-30(26,27)24(19-10-6-8-16-7-2-3-9-18(16)19)14-22(25)23-13-17-15-28-20-11-4-5-12-21(20)29-17/h2-12,17H,13-15H2,1H3,(H,23,25). The second-order valence-corrected chi connectivity index (χ2v) is 8.98.